The van der Waals surface area contributed by atoms with E-state index in [-0.39, 0.29) is 31.8 Å². The maximum atomic E-state index is 12.6. The van der Waals surface area contributed by atoms with Crippen LogP contribution in [0.4, 0.5) is 0 Å². The van der Waals surface area contributed by atoms with Gasteiger partial charge in [-0.05, 0) is 65.9 Å². The minimum absolute atomic E-state index is 0.0203. The molecule has 2 heterocycles. The van der Waals surface area contributed by atoms with E-state index in [1.54, 1.807) is 24.3 Å². The van der Waals surface area contributed by atoms with Crippen LogP contribution < -0.4 is 15.8 Å². The molecule has 10 heteroatoms. The lowest BCUT2D eigenvalue weighted by Gasteiger charge is -2.42. The average molecular weight is 459 g/mol. The fraction of sp³-hybridized carbons (Fsp3) is 0.364. The van der Waals surface area contributed by atoms with Gasteiger partial charge in [-0.25, -0.2) is 4.79 Å². The Bertz CT molecular complexity index is 977. The molecule has 1 fully saturated rings. The molecule has 1 aliphatic heterocycles. The van der Waals surface area contributed by atoms with Crippen molar-refractivity contribution in [2.45, 2.75) is 31.2 Å². The molecule has 0 bridgehead atoms. The first kappa shape index (κ1) is 23.3. The number of piperazine rings is 1. The Balaban J connectivity index is 1.66. The summed E-state index contributed by atoms with van der Waals surface area (Å²) < 4.78 is 5.70. The zero-order chi connectivity index (χ0) is 23.1. The monoisotopic (exact) mass is 458 g/mol. The van der Waals surface area contributed by atoms with Crippen LogP contribution in [0.15, 0.2) is 41.1 Å². The van der Waals surface area contributed by atoms with Gasteiger partial charge in [0.2, 0.25) is 0 Å². The summed E-state index contributed by atoms with van der Waals surface area (Å²) in [7, 11) is 0. The normalized spacial score (nSPS) is 15.7. The summed E-state index contributed by atoms with van der Waals surface area (Å²) in [4.78, 5) is 38.2. The number of hydrogen-bond acceptors (Lipinski definition) is 6. The number of rotatable bonds is 11. The molecule has 32 heavy (non-hydrogen) atoms. The molecule has 1 aromatic heterocycles. The van der Waals surface area contributed by atoms with Gasteiger partial charge >= 0.3 is 17.8 Å². The molecule has 1 atom stereocenters. The highest BCUT2D eigenvalue weighted by molar-refractivity contribution is 7.07. The number of aliphatic carboxylic acids is 1. The van der Waals surface area contributed by atoms with E-state index in [0.717, 1.165) is 5.56 Å². The Hall–Kier alpha value is -3.40. The van der Waals surface area contributed by atoms with Crippen molar-refractivity contribution < 1.29 is 24.2 Å². The SMILES string of the molecule is N=C(N)c1ccc(OCCCCC(Cc2ccsc2)(C(=O)O)N2CCNC(=O)C2=O)cc1. The van der Waals surface area contributed by atoms with E-state index in [1.807, 2.05) is 16.8 Å². The molecule has 1 unspecified atom stereocenters. The maximum absolute atomic E-state index is 12.6. The van der Waals surface area contributed by atoms with Crippen molar-refractivity contribution in [1.82, 2.24) is 10.2 Å². The lowest BCUT2D eigenvalue weighted by molar-refractivity contribution is -0.165. The molecule has 0 saturated carbocycles. The molecule has 1 saturated heterocycles. The molecule has 3 rings (SSSR count). The average Bonchev–Trinajstić information content (AvgIpc) is 3.28. The van der Waals surface area contributed by atoms with E-state index >= 15 is 0 Å². The maximum Gasteiger partial charge on any atom is 0.329 e. The van der Waals surface area contributed by atoms with Crippen molar-refractivity contribution in [2.24, 2.45) is 5.73 Å². The number of unbranched alkanes of at least 4 members (excludes halogenated alkanes) is 1. The van der Waals surface area contributed by atoms with Gasteiger partial charge in [-0.3, -0.25) is 15.0 Å². The predicted octanol–water partition coefficient (Wildman–Crippen LogP) is 1.61. The van der Waals surface area contributed by atoms with Crippen LogP contribution in [0.1, 0.15) is 30.4 Å². The molecule has 1 aromatic carbocycles. The number of carboxylic acid groups (broad SMARTS) is 1. The van der Waals surface area contributed by atoms with Crippen molar-refractivity contribution >= 4 is 35.0 Å². The molecule has 5 N–H and O–H groups in total. The third-order valence-electron chi connectivity index (χ3n) is 5.47. The molecule has 0 spiro atoms. The van der Waals surface area contributed by atoms with Crippen molar-refractivity contribution in [1.29, 1.82) is 5.41 Å². The van der Waals surface area contributed by atoms with Crippen molar-refractivity contribution in [3.63, 3.8) is 0 Å². The highest BCUT2D eigenvalue weighted by Gasteiger charge is 2.48. The number of benzene rings is 1. The smallest absolute Gasteiger partial charge is 0.329 e. The first-order valence-corrected chi connectivity index (χ1v) is 11.2. The number of nitrogens with one attached hydrogen (secondary N) is 2. The van der Waals surface area contributed by atoms with Gasteiger partial charge in [-0.2, -0.15) is 11.3 Å². The van der Waals surface area contributed by atoms with Gasteiger partial charge in [0, 0.05) is 25.1 Å². The predicted molar refractivity (Wildman–Crippen MR) is 120 cm³/mol. The van der Waals surface area contributed by atoms with Crippen LogP contribution >= 0.6 is 11.3 Å². The van der Waals surface area contributed by atoms with Gasteiger partial charge in [-0.1, -0.05) is 0 Å². The number of carbonyl (C=O) groups is 3. The topological polar surface area (TPSA) is 146 Å². The summed E-state index contributed by atoms with van der Waals surface area (Å²) >= 11 is 1.46. The highest BCUT2D eigenvalue weighted by Crippen LogP contribution is 2.30. The van der Waals surface area contributed by atoms with Crippen LogP contribution in [0.25, 0.3) is 0 Å². The van der Waals surface area contributed by atoms with Gasteiger partial charge < -0.3 is 25.8 Å². The number of nitrogens with zero attached hydrogens (tertiary/aromatic N) is 1. The molecule has 170 valence electrons. The number of carboxylic acids is 1. The van der Waals surface area contributed by atoms with Gasteiger partial charge in [0.25, 0.3) is 0 Å². The van der Waals surface area contributed by atoms with E-state index < -0.39 is 23.3 Å². The van der Waals surface area contributed by atoms with Gasteiger partial charge in [0.05, 0.1) is 6.61 Å². The fourth-order valence-corrected chi connectivity index (χ4v) is 4.45. The van der Waals surface area contributed by atoms with Crippen molar-refractivity contribution in [3.8, 4) is 5.75 Å². The number of thiophene rings is 1. The summed E-state index contributed by atoms with van der Waals surface area (Å²) in [5.74, 6) is -2.10. The Kier molecular flexibility index (Phi) is 7.47. The zero-order valence-corrected chi connectivity index (χ0v) is 18.3. The van der Waals surface area contributed by atoms with Gasteiger partial charge in [0.1, 0.15) is 17.1 Å². The van der Waals surface area contributed by atoms with Gasteiger partial charge in [0.15, 0.2) is 0 Å². The summed E-state index contributed by atoms with van der Waals surface area (Å²) in [5, 5.41) is 23.8. The van der Waals surface area contributed by atoms with E-state index in [4.69, 9.17) is 15.9 Å². The highest BCUT2D eigenvalue weighted by atomic mass is 32.1. The number of nitrogens with two attached hydrogens (primary N) is 1. The first-order chi connectivity index (χ1) is 15.3. The number of carbonyl (C=O) groups excluding carboxylic acids is 2. The number of amides is 2. The molecule has 1 aliphatic rings. The van der Waals surface area contributed by atoms with Crippen LogP contribution in [0.3, 0.4) is 0 Å². The number of ether oxygens (including phenoxy) is 1. The minimum Gasteiger partial charge on any atom is -0.494 e. The molecule has 0 radical (unpaired) electrons. The molecule has 2 aromatic rings. The summed E-state index contributed by atoms with van der Waals surface area (Å²) in [5.41, 5.74) is 5.36. The van der Waals surface area contributed by atoms with Crippen LogP contribution in [0.2, 0.25) is 0 Å². The van der Waals surface area contributed by atoms with E-state index in [9.17, 15) is 19.5 Å². The van der Waals surface area contributed by atoms with Crippen molar-refractivity contribution in [2.75, 3.05) is 19.7 Å². The zero-order valence-electron chi connectivity index (χ0n) is 17.5. The fourth-order valence-electron chi connectivity index (χ4n) is 3.78. The van der Waals surface area contributed by atoms with E-state index in [2.05, 4.69) is 5.32 Å². The largest absolute Gasteiger partial charge is 0.494 e. The molecular weight excluding hydrogens is 432 g/mol. The van der Waals surface area contributed by atoms with Crippen LogP contribution in [-0.2, 0) is 20.8 Å². The second kappa shape index (κ2) is 10.3. The lowest BCUT2D eigenvalue weighted by atomic mass is 9.84. The molecule has 2 amide bonds. The summed E-state index contributed by atoms with van der Waals surface area (Å²) in [6.45, 7) is 0.741. The Morgan fingerprint density at radius 3 is 2.62 bits per heavy atom. The first-order valence-electron chi connectivity index (χ1n) is 10.2. The Labute approximate surface area is 189 Å². The number of amidine groups is 1. The third kappa shape index (κ3) is 5.25. The van der Waals surface area contributed by atoms with Gasteiger partial charge in [-0.15, -0.1) is 0 Å². The van der Waals surface area contributed by atoms with Crippen molar-refractivity contribution in [3.05, 3.63) is 52.2 Å². The lowest BCUT2D eigenvalue weighted by Crippen LogP contribution is -2.65. The van der Waals surface area contributed by atoms with E-state index in [1.165, 1.54) is 16.2 Å². The number of nitrogen functional groups attached to an aromatic ring is 1. The Morgan fingerprint density at radius 2 is 2.00 bits per heavy atom. The molecular formula is C22H26N4O5S. The van der Waals surface area contributed by atoms with Crippen LogP contribution in [0, 0.1) is 5.41 Å². The second-order valence-electron chi connectivity index (χ2n) is 7.60. The summed E-state index contributed by atoms with van der Waals surface area (Å²) in [6.07, 6.45) is 1.40. The minimum atomic E-state index is -1.50. The standard InChI is InChI=1S/C22H26N4O5S/c23-18(24)16-3-5-17(6-4-16)31-11-2-1-8-22(21(29)30,13-15-7-12-32-14-15)26-10-9-25-19(27)20(26)28/h3-7,12,14H,1-2,8-11,13H2,(H3,23,24)(H,25,27)(H,29,30). The molecule has 9 nitrogen and oxygen atoms in total. The summed E-state index contributed by atoms with van der Waals surface area (Å²) in [6, 6.07) is 8.67. The van der Waals surface area contributed by atoms with Crippen LogP contribution in [-0.4, -0.2) is 58.9 Å². The second-order valence-corrected chi connectivity index (χ2v) is 8.38. The quantitative estimate of drug-likeness (QED) is 0.174. The number of hydrogen-bond donors (Lipinski definition) is 4. The Morgan fingerprint density at radius 1 is 1.25 bits per heavy atom. The molecule has 0 aliphatic carbocycles. The van der Waals surface area contributed by atoms with E-state index in [0.29, 0.717) is 30.8 Å². The van der Waals surface area contributed by atoms with Crippen LogP contribution in [0.5, 0.6) is 5.75 Å². The third-order valence-corrected chi connectivity index (χ3v) is 6.20.